The van der Waals surface area contributed by atoms with Crippen LogP contribution in [0.5, 0.6) is 0 Å². The molecule has 0 unspecified atom stereocenters. The van der Waals surface area contributed by atoms with Gasteiger partial charge < -0.3 is 15.0 Å². The lowest BCUT2D eigenvalue weighted by Crippen LogP contribution is -2.06. The third kappa shape index (κ3) is 1.69. The van der Waals surface area contributed by atoms with E-state index in [0.717, 1.165) is 0 Å². The molecule has 0 fully saturated rings. The minimum absolute atomic E-state index is 0.000871. The Balaban J connectivity index is 2.26. The summed E-state index contributed by atoms with van der Waals surface area (Å²) in [7, 11) is 0. The summed E-state index contributed by atoms with van der Waals surface area (Å²) in [6.45, 7) is 1.88. The summed E-state index contributed by atoms with van der Waals surface area (Å²) in [6.07, 6.45) is 0. The van der Waals surface area contributed by atoms with Crippen LogP contribution in [-0.4, -0.2) is 33.0 Å². The van der Waals surface area contributed by atoms with Crippen LogP contribution in [0.4, 0.5) is 5.82 Å². The smallest absolute Gasteiger partial charge is 0.379 e. The number of esters is 1. The second kappa shape index (κ2) is 3.96. The second-order valence-electron chi connectivity index (χ2n) is 2.64. The standard InChI is InChI=1S/C7H7N5O4/c1-2-14-7(13)5-9-6(15-12-5)3-4(8)11-16-10-3/h2H2,1H3,(H2,8,11). The van der Waals surface area contributed by atoms with Crippen molar-refractivity contribution in [1.82, 2.24) is 20.5 Å². The molecule has 0 radical (unpaired) electrons. The molecule has 9 nitrogen and oxygen atoms in total. The Morgan fingerprint density at radius 1 is 1.44 bits per heavy atom. The maximum atomic E-state index is 11.2. The molecule has 0 amide bonds. The van der Waals surface area contributed by atoms with Gasteiger partial charge in [0.05, 0.1) is 6.61 Å². The first kappa shape index (κ1) is 10.1. The van der Waals surface area contributed by atoms with Gasteiger partial charge in [0.1, 0.15) is 0 Å². The molecular formula is C7H7N5O4. The van der Waals surface area contributed by atoms with Crippen molar-refractivity contribution in [2.24, 2.45) is 0 Å². The van der Waals surface area contributed by atoms with Gasteiger partial charge >= 0.3 is 5.97 Å². The van der Waals surface area contributed by atoms with Crippen LogP contribution >= 0.6 is 0 Å². The summed E-state index contributed by atoms with van der Waals surface area (Å²) < 4.78 is 13.8. The van der Waals surface area contributed by atoms with E-state index in [1.54, 1.807) is 6.92 Å². The lowest BCUT2D eigenvalue weighted by atomic mass is 10.4. The molecule has 84 valence electrons. The summed E-state index contributed by atoms with van der Waals surface area (Å²) in [4.78, 5) is 15.0. The van der Waals surface area contributed by atoms with E-state index >= 15 is 0 Å². The Morgan fingerprint density at radius 2 is 2.25 bits per heavy atom. The van der Waals surface area contributed by atoms with Crippen molar-refractivity contribution in [3.05, 3.63) is 5.82 Å². The van der Waals surface area contributed by atoms with Gasteiger partial charge in [-0.3, -0.25) is 0 Å². The highest BCUT2D eigenvalue weighted by molar-refractivity contribution is 5.85. The number of anilines is 1. The van der Waals surface area contributed by atoms with E-state index in [4.69, 9.17) is 10.3 Å². The van der Waals surface area contributed by atoms with Crippen molar-refractivity contribution < 1.29 is 18.7 Å². The van der Waals surface area contributed by atoms with Crippen molar-refractivity contribution in [3.8, 4) is 11.6 Å². The van der Waals surface area contributed by atoms with Crippen LogP contribution in [0, 0.1) is 0 Å². The molecule has 0 saturated carbocycles. The summed E-state index contributed by atoms with van der Waals surface area (Å²) >= 11 is 0. The minimum Gasteiger partial charge on any atom is -0.460 e. The summed E-state index contributed by atoms with van der Waals surface area (Å²) in [5.41, 5.74) is 5.49. The largest absolute Gasteiger partial charge is 0.460 e. The fourth-order valence-electron chi connectivity index (χ4n) is 0.942. The quantitative estimate of drug-likeness (QED) is 0.710. The highest BCUT2D eigenvalue weighted by Crippen LogP contribution is 2.19. The van der Waals surface area contributed by atoms with Gasteiger partial charge in [-0.05, 0) is 22.4 Å². The van der Waals surface area contributed by atoms with Crippen LogP contribution < -0.4 is 5.73 Å². The lowest BCUT2D eigenvalue weighted by molar-refractivity contribution is 0.0508. The Kier molecular flexibility index (Phi) is 2.50. The van der Waals surface area contributed by atoms with E-state index in [2.05, 4.69) is 29.8 Å². The fraction of sp³-hybridized carbons (Fsp3) is 0.286. The monoisotopic (exact) mass is 225 g/mol. The number of ether oxygens (including phenoxy) is 1. The number of carbonyl (C=O) groups is 1. The molecule has 2 rings (SSSR count). The van der Waals surface area contributed by atoms with Gasteiger partial charge in [-0.1, -0.05) is 0 Å². The van der Waals surface area contributed by atoms with E-state index in [1.807, 2.05) is 0 Å². The van der Waals surface area contributed by atoms with E-state index in [0.29, 0.717) is 0 Å². The maximum absolute atomic E-state index is 11.2. The topological polar surface area (TPSA) is 130 Å². The fourth-order valence-corrected chi connectivity index (χ4v) is 0.942. The Labute approximate surface area is 88.5 Å². The van der Waals surface area contributed by atoms with Crippen molar-refractivity contribution in [2.75, 3.05) is 12.3 Å². The first-order valence-electron chi connectivity index (χ1n) is 4.31. The van der Waals surface area contributed by atoms with E-state index < -0.39 is 5.97 Å². The Morgan fingerprint density at radius 3 is 2.88 bits per heavy atom. The van der Waals surface area contributed by atoms with Crippen LogP contribution in [0.25, 0.3) is 11.6 Å². The Bertz CT molecular complexity index is 504. The van der Waals surface area contributed by atoms with Crippen LogP contribution in [-0.2, 0) is 4.74 Å². The van der Waals surface area contributed by atoms with Gasteiger partial charge in [0.15, 0.2) is 0 Å². The zero-order valence-corrected chi connectivity index (χ0v) is 8.21. The van der Waals surface area contributed by atoms with Crippen molar-refractivity contribution in [1.29, 1.82) is 0 Å². The lowest BCUT2D eigenvalue weighted by Gasteiger charge is -1.93. The second-order valence-corrected chi connectivity index (χ2v) is 2.64. The zero-order valence-electron chi connectivity index (χ0n) is 8.21. The highest BCUT2D eigenvalue weighted by Gasteiger charge is 2.21. The van der Waals surface area contributed by atoms with E-state index in [-0.39, 0.29) is 29.8 Å². The third-order valence-electron chi connectivity index (χ3n) is 1.60. The zero-order chi connectivity index (χ0) is 11.5. The molecule has 2 aromatic rings. The molecule has 2 heterocycles. The molecule has 9 heteroatoms. The molecule has 0 atom stereocenters. The first-order valence-corrected chi connectivity index (χ1v) is 4.31. The molecule has 0 bridgehead atoms. The van der Waals surface area contributed by atoms with Crippen LogP contribution in [0.1, 0.15) is 17.5 Å². The van der Waals surface area contributed by atoms with Crippen molar-refractivity contribution in [3.63, 3.8) is 0 Å². The van der Waals surface area contributed by atoms with Gasteiger partial charge in [-0.25, -0.2) is 9.42 Å². The number of hydrogen-bond donors (Lipinski definition) is 1. The van der Waals surface area contributed by atoms with Crippen molar-refractivity contribution >= 4 is 11.8 Å². The molecule has 2 N–H and O–H groups in total. The number of carbonyl (C=O) groups excluding carboxylic acids is 1. The molecule has 0 aromatic carbocycles. The molecule has 0 aliphatic carbocycles. The maximum Gasteiger partial charge on any atom is 0.379 e. The molecule has 0 spiro atoms. The highest BCUT2D eigenvalue weighted by atomic mass is 16.6. The van der Waals surface area contributed by atoms with E-state index in [1.165, 1.54) is 0 Å². The molecular weight excluding hydrogens is 218 g/mol. The SMILES string of the molecule is CCOC(=O)c1noc(-c2nonc2N)n1. The van der Waals surface area contributed by atoms with Crippen LogP contribution in [0.2, 0.25) is 0 Å². The molecule has 2 aromatic heterocycles. The number of nitrogens with zero attached hydrogens (tertiary/aromatic N) is 4. The summed E-state index contributed by atoms with van der Waals surface area (Å²) in [5.74, 6) is -0.951. The molecule has 16 heavy (non-hydrogen) atoms. The van der Waals surface area contributed by atoms with Gasteiger partial charge in [0.2, 0.25) is 11.5 Å². The average molecular weight is 225 g/mol. The van der Waals surface area contributed by atoms with Crippen LogP contribution in [0.15, 0.2) is 9.15 Å². The summed E-state index contributed by atoms with van der Waals surface area (Å²) in [6, 6.07) is 0. The normalized spacial score (nSPS) is 10.3. The van der Waals surface area contributed by atoms with Gasteiger partial charge in [-0.15, -0.1) is 0 Å². The van der Waals surface area contributed by atoms with Gasteiger partial charge in [0, 0.05) is 0 Å². The van der Waals surface area contributed by atoms with Gasteiger partial charge in [0.25, 0.3) is 11.7 Å². The van der Waals surface area contributed by atoms with Gasteiger partial charge in [-0.2, -0.15) is 4.98 Å². The number of aromatic nitrogens is 4. The third-order valence-corrected chi connectivity index (χ3v) is 1.60. The van der Waals surface area contributed by atoms with Crippen molar-refractivity contribution in [2.45, 2.75) is 6.92 Å². The number of nitrogen functional groups attached to an aromatic ring is 1. The Hall–Kier alpha value is -2.45. The number of nitrogens with two attached hydrogens (primary N) is 1. The average Bonchev–Trinajstić information content (AvgIpc) is 2.86. The first-order chi connectivity index (χ1) is 7.72. The summed E-state index contributed by atoms with van der Waals surface area (Å²) in [5, 5.41) is 10.2. The number of hydrogen-bond acceptors (Lipinski definition) is 9. The minimum atomic E-state index is -0.687. The molecule has 0 saturated heterocycles. The predicted octanol–water partition coefficient (Wildman–Crippen LogP) is -0.122. The van der Waals surface area contributed by atoms with Crippen LogP contribution in [0.3, 0.4) is 0 Å². The van der Waals surface area contributed by atoms with E-state index in [9.17, 15) is 4.79 Å². The number of rotatable bonds is 3. The molecule has 0 aliphatic rings. The molecule has 0 aliphatic heterocycles. The predicted molar refractivity (Wildman–Crippen MR) is 48.0 cm³/mol.